The van der Waals surface area contributed by atoms with Gasteiger partial charge in [0.15, 0.2) is 0 Å². The van der Waals surface area contributed by atoms with E-state index in [1.54, 1.807) is 19.1 Å². The number of carbonyl (C=O) groups is 1. The summed E-state index contributed by atoms with van der Waals surface area (Å²) in [6.45, 7) is 1.76. The predicted molar refractivity (Wildman–Crippen MR) is 60.3 cm³/mol. The Morgan fingerprint density at radius 1 is 1.35 bits per heavy atom. The molecule has 0 bridgehead atoms. The summed E-state index contributed by atoms with van der Waals surface area (Å²) in [5.74, 6) is -0.240. The van der Waals surface area contributed by atoms with Gasteiger partial charge in [-0.15, -0.1) is 0 Å². The van der Waals surface area contributed by atoms with Crippen LogP contribution >= 0.6 is 0 Å². The number of halogens is 1. The first-order chi connectivity index (χ1) is 8.19. The third-order valence-corrected chi connectivity index (χ3v) is 2.41. The summed E-state index contributed by atoms with van der Waals surface area (Å²) in [6, 6.07) is 6.16. The number of oxazole rings is 1. The monoisotopic (exact) mass is 233 g/mol. The van der Waals surface area contributed by atoms with E-state index in [-0.39, 0.29) is 17.5 Å². The number of ketones is 1. The Balaban J connectivity index is 2.11. The number of benzene rings is 1. The van der Waals surface area contributed by atoms with Crippen LogP contribution in [0.5, 0.6) is 0 Å². The fraction of sp³-hybridized carbons (Fsp3) is 0.231. The van der Waals surface area contributed by atoms with Crippen molar-refractivity contribution in [3.63, 3.8) is 0 Å². The highest BCUT2D eigenvalue weighted by Crippen LogP contribution is 2.11. The summed E-state index contributed by atoms with van der Waals surface area (Å²) < 4.78 is 17.8. The van der Waals surface area contributed by atoms with Crippen LogP contribution in [0.1, 0.15) is 35.3 Å². The first-order valence-corrected chi connectivity index (χ1v) is 5.41. The topological polar surface area (TPSA) is 43.1 Å². The second-order valence-electron chi connectivity index (χ2n) is 3.72. The summed E-state index contributed by atoms with van der Waals surface area (Å²) in [4.78, 5) is 15.4. The number of aromatic nitrogens is 1. The third-order valence-electron chi connectivity index (χ3n) is 2.41. The van der Waals surface area contributed by atoms with Gasteiger partial charge in [0.1, 0.15) is 12.1 Å². The molecule has 0 radical (unpaired) electrons. The minimum atomic E-state index is -0.268. The van der Waals surface area contributed by atoms with Gasteiger partial charge >= 0.3 is 0 Å². The maximum atomic E-state index is 12.7. The normalized spacial score (nSPS) is 10.5. The molecule has 0 fully saturated rings. The van der Waals surface area contributed by atoms with Crippen molar-refractivity contribution in [2.75, 3.05) is 0 Å². The van der Waals surface area contributed by atoms with Gasteiger partial charge in [-0.2, -0.15) is 0 Å². The van der Waals surface area contributed by atoms with Crippen LogP contribution in [0.2, 0.25) is 0 Å². The quantitative estimate of drug-likeness (QED) is 0.762. The number of carbonyl (C=O) groups excluding carboxylic acids is 1. The number of nitrogens with zero attached hydrogens (tertiary/aromatic N) is 1. The zero-order valence-corrected chi connectivity index (χ0v) is 9.44. The Morgan fingerprint density at radius 2 is 2.06 bits per heavy atom. The number of hydrogen-bond acceptors (Lipinski definition) is 3. The molecule has 4 heteroatoms. The molecule has 3 nitrogen and oxygen atoms in total. The molecule has 0 saturated carbocycles. The molecule has 17 heavy (non-hydrogen) atoms. The van der Waals surface area contributed by atoms with Gasteiger partial charge < -0.3 is 4.42 Å². The molecule has 0 spiro atoms. The lowest BCUT2D eigenvalue weighted by atomic mass is 10.1. The SMILES string of the molecule is CCC(=O)c1nc(Cc2ccc(F)cc2)co1. The van der Waals surface area contributed by atoms with Crippen LogP contribution in [0.15, 0.2) is 34.9 Å². The van der Waals surface area contributed by atoms with E-state index in [2.05, 4.69) is 4.98 Å². The van der Waals surface area contributed by atoms with Crippen LogP contribution < -0.4 is 0 Å². The summed E-state index contributed by atoms with van der Waals surface area (Å²) >= 11 is 0. The largest absolute Gasteiger partial charge is 0.442 e. The number of rotatable bonds is 4. The van der Waals surface area contributed by atoms with Gasteiger partial charge in [0.25, 0.3) is 5.89 Å². The van der Waals surface area contributed by atoms with Crippen molar-refractivity contribution in [1.82, 2.24) is 4.98 Å². The average Bonchev–Trinajstić information content (AvgIpc) is 2.80. The van der Waals surface area contributed by atoms with E-state index in [9.17, 15) is 9.18 Å². The zero-order valence-electron chi connectivity index (χ0n) is 9.44. The highest BCUT2D eigenvalue weighted by molar-refractivity contribution is 5.91. The van der Waals surface area contributed by atoms with E-state index in [1.165, 1.54) is 18.4 Å². The molecule has 0 aliphatic rings. The van der Waals surface area contributed by atoms with Gasteiger partial charge in [0.2, 0.25) is 5.78 Å². The van der Waals surface area contributed by atoms with Crippen molar-refractivity contribution < 1.29 is 13.6 Å². The van der Waals surface area contributed by atoms with Gasteiger partial charge in [0, 0.05) is 12.8 Å². The van der Waals surface area contributed by atoms with Crippen LogP contribution in [-0.2, 0) is 6.42 Å². The standard InChI is InChI=1S/C13H12FNO2/c1-2-12(16)13-15-11(8-17-13)7-9-3-5-10(14)6-4-9/h3-6,8H,2,7H2,1H3. The van der Waals surface area contributed by atoms with Crippen LogP contribution in [-0.4, -0.2) is 10.8 Å². The molecule has 0 aliphatic carbocycles. The Bertz CT molecular complexity index is 516. The minimum absolute atomic E-state index is 0.115. The van der Waals surface area contributed by atoms with Crippen molar-refractivity contribution in [1.29, 1.82) is 0 Å². The molecule has 2 rings (SSSR count). The Labute approximate surface area is 98.3 Å². The fourth-order valence-corrected chi connectivity index (χ4v) is 1.48. The molecule has 0 amide bonds. The Morgan fingerprint density at radius 3 is 2.71 bits per heavy atom. The summed E-state index contributed by atoms with van der Waals surface area (Å²) in [7, 11) is 0. The summed E-state index contributed by atoms with van der Waals surface area (Å²) in [5, 5.41) is 0. The average molecular weight is 233 g/mol. The number of Topliss-reactive ketones (excluding diaryl/α,β-unsaturated/α-hetero) is 1. The molecule has 1 heterocycles. The third kappa shape index (κ3) is 2.78. The van der Waals surface area contributed by atoms with Gasteiger partial charge in [0.05, 0.1) is 5.69 Å². The predicted octanol–water partition coefficient (Wildman–Crippen LogP) is 3.00. The van der Waals surface area contributed by atoms with Crippen molar-refractivity contribution in [3.8, 4) is 0 Å². The smallest absolute Gasteiger partial charge is 0.263 e. The first kappa shape index (κ1) is 11.5. The molecule has 0 N–H and O–H groups in total. The highest BCUT2D eigenvalue weighted by atomic mass is 19.1. The molecule has 0 aliphatic heterocycles. The summed E-state index contributed by atoms with van der Waals surface area (Å²) in [6.07, 6.45) is 2.36. The molecule has 0 saturated heterocycles. The Kier molecular flexibility index (Phi) is 3.32. The molecule has 0 unspecified atom stereocenters. The van der Waals surface area contributed by atoms with Gasteiger partial charge in [-0.1, -0.05) is 19.1 Å². The van der Waals surface area contributed by atoms with E-state index >= 15 is 0 Å². The van der Waals surface area contributed by atoms with Crippen LogP contribution in [0.4, 0.5) is 4.39 Å². The van der Waals surface area contributed by atoms with E-state index in [0.29, 0.717) is 18.5 Å². The van der Waals surface area contributed by atoms with E-state index < -0.39 is 0 Å². The number of hydrogen-bond donors (Lipinski definition) is 0. The summed E-state index contributed by atoms with van der Waals surface area (Å²) in [5.41, 5.74) is 1.60. The lowest BCUT2D eigenvalue weighted by Crippen LogP contribution is -1.97. The van der Waals surface area contributed by atoms with E-state index in [1.807, 2.05) is 0 Å². The van der Waals surface area contributed by atoms with E-state index in [4.69, 9.17) is 4.42 Å². The molecule has 0 atom stereocenters. The lowest BCUT2D eigenvalue weighted by molar-refractivity contribution is 0.0955. The van der Waals surface area contributed by atoms with E-state index in [0.717, 1.165) is 5.56 Å². The van der Waals surface area contributed by atoms with Crippen molar-refractivity contribution in [2.24, 2.45) is 0 Å². The maximum Gasteiger partial charge on any atom is 0.263 e. The van der Waals surface area contributed by atoms with Gasteiger partial charge in [-0.3, -0.25) is 4.79 Å². The second-order valence-corrected chi connectivity index (χ2v) is 3.72. The molecule has 88 valence electrons. The molecule has 1 aromatic heterocycles. The zero-order chi connectivity index (χ0) is 12.3. The minimum Gasteiger partial charge on any atom is -0.442 e. The second kappa shape index (κ2) is 4.91. The van der Waals surface area contributed by atoms with Crippen molar-refractivity contribution >= 4 is 5.78 Å². The van der Waals surface area contributed by atoms with Crippen LogP contribution in [0, 0.1) is 5.82 Å². The molecular formula is C13H12FNO2. The Hall–Kier alpha value is -1.97. The molecule has 2 aromatic rings. The maximum absolute atomic E-state index is 12.7. The van der Waals surface area contributed by atoms with Crippen LogP contribution in [0.3, 0.4) is 0 Å². The lowest BCUT2D eigenvalue weighted by Gasteiger charge is -1.96. The first-order valence-electron chi connectivity index (χ1n) is 5.41. The van der Waals surface area contributed by atoms with Crippen molar-refractivity contribution in [3.05, 3.63) is 53.5 Å². The molecule has 1 aromatic carbocycles. The van der Waals surface area contributed by atoms with Gasteiger partial charge in [-0.05, 0) is 17.7 Å². The van der Waals surface area contributed by atoms with Crippen molar-refractivity contribution in [2.45, 2.75) is 19.8 Å². The van der Waals surface area contributed by atoms with Crippen LogP contribution in [0.25, 0.3) is 0 Å². The fourth-order valence-electron chi connectivity index (χ4n) is 1.48. The molecular weight excluding hydrogens is 221 g/mol. The highest BCUT2D eigenvalue weighted by Gasteiger charge is 2.11. The van der Waals surface area contributed by atoms with Gasteiger partial charge in [-0.25, -0.2) is 9.37 Å².